The summed E-state index contributed by atoms with van der Waals surface area (Å²) in [5.41, 5.74) is 0.523. The van der Waals surface area contributed by atoms with Gasteiger partial charge in [0.25, 0.3) is 0 Å². The minimum absolute atomic E-state index is 0.187. The zero-order valence-electron chi connectivity index (χ0n) is 8.60. The summed E-state index contributed by atoms with van der Waals surface area (Å²) < 4.78 is 13.5. The lowest BCUT2D eigenvalue weighted by Gasteiger charge is -2.12. The molecule has 2 rings (SSSR count). The van der Waals surface area contributed by atoms with E-state index in [0.717, 1.165) is 6.54 Å². The van der Waals surface area contributed by atoms with Crippen molar-refractivity contribution >= 4 is 17.3 Å². The molecule has 0 atom stereocenters. The molecule has 1 nitrogen and oxygen atoms in total. The van der Waals surface area contributed by atoms with Crippen molar-refractivity contribution in [2.75, 3.05) is 11.9 Å². The van der Waals surface area contributed by atoms with Crippen molar-refractivity contribution in [1.82, 2.24) is 0 Å². The Balaban J connectivity index is 1.95. The summed E-state index contributed by atoms with van der Waals surface area (Å²) in [5, 5.41) is 3.32. The molecule has 0 spiro atoms. The Morgan fingerprint density at radius 3 is 2.80 bits per heavy atom. The normalized spacial score (nSPS) is 16.9. The van der Waals surface area contributed by atoms with E-state index < -0.39 is 0 Å². The first-order valence-corrected chi connectivity index (χ1v) is 5.83. The number of hydrogen-bond acceptors (Lipinski definition) is 1. The predicted molar refractivity (Wildman–Crippen MR) is 61.9 cm³/mol. The summed E-state index contributed by atoms with van der Waals surface area (Å²) in [6.45, 7) is 0.858. The highest BCUT2D eigenvalue weighted by molar-refractivity contribution is 6.31. The SMILES string of the molecule is Fc1c(Cl)cccc1NCC1CCCC1. The number of benzene rings is 1. The zero-order valence-corrected chi connectivity index (χ0v) is 9.36. The second-order valence-corrected chi connectivity index (χ2v) is 4.54. The first-order valence-electron chi connectivity index (χ1n) is 5.45. The number of halogens is 2. The van der Waals surface area contributed by atoms with Crippen LogP contribution in [-0.4, -0.2) is 6.54 Å². The molecular formula is C12H15ClFN. The molecule has 1 N–H and O–H groups in total. The van der Waals surface area contributed by atoms with Gasteiger partial charge in [-0.2, -0.15) is 0 Å². The maximum Gasteiger partial charge on any atom is 0.164 e. The van der Waals surface area contributed by atoms with E-state index in [9.17, 15) is 4.39 Å². The third kappa shape index (κ3) is 2.63. The second kappa shape index (κ2) is 4.84. The molecule has 3 heteroatoms. The third-order valence-electron chi connectivity index (χ3n) is 3.01. The van der Waals surface area contributed by atoms with Gasteiger partial charge >= 0.3 is 0 Å². The minimum atomic E-state index is -0.336. The van der Waals surface area contributed by atoms with Gasteiger partial charge in [0.15, 0.2) is 5.82 Å². The van der Waals surface area contributed by atoms with Crippen molar-refractivity contribution in [3.05, 3.63) is 29.0 Å². The Kier molecular flexibility index (Phi) is 3.47. The molecule has 1 fully saturated rings. The molecule has 15 heavy (non-hydrogen) atoms. The summed E-state index contributed by atoms with van der Waals surface area (Å²) in [6.07, 6.45) is 5.14. The maximum atomic E-state index is 13.5. The molecular weight excluding hydrogens is 213 g/mol. The van der Waals surface area contributed by atoms with Crippen molar-refractivity contribution < 1.29 is 4.39 Å². The molecule has 1 aromatic carbocycles. The maximum absolute atomic E-state index is 13.5. The van der Waals surface area contributed by atoms with Crippen LogP contribution in [-0.2, 0) is 0 Å². The second-order valence-electron chi connectivity index (χ2n) is 4.13. The fourth-order valence-corrected chi connectivity index (χ4v) is 2.28. The van der Waals surface area contributed by atoms with Gasteiger partial charge in [-0.25, -0.2) is 4.39 Å². The number of rotatable bonds is 3. The smallest absolute Gasteiger partial charge is 0.164 e. The average Bonchev–Trinajstić information content (AvgIpc) is 2.73. The minimum Gasteiger partial charge on any atom is -0.382 e. The molecule has 0 amide bonds. The molecule has 0 aromatic heterocycles. The molecule has 82 valence electrons. The van der Waals surface area contributed by atoms with Crippen molar-refractivity contribution in [2.24, 2.45) is 5.92 Å². The van der Waals surface area contributed by atoms with Gasteiger partial charge in [-0.3, -0.25) is 0 Å². The Morgan fingerprint density at radius 2 is 2.07 bits per heavy atom. The lowest BCUT2D eigenvalue weighted by Crippen LogP contribution is -2.11. The zero-order chi connectivity index (χ0) is 10.7. The monoisotopic (exact) mass is 227 g/mol. The number of anilines is 1. The Bertz CT molecular complexity index is 334. The van der Waals surface area contributed by atoms with E-state index in [1.807, 2.05) is 0 Å². The van der Waals surface area contributed by atoms with Crippen molar-refractivity contribution in [3.63, 3.8) is 0 Å². The van der Waals surface area contributed by atoms with Crippen LogP contribution in [0.1, 0.15) is 25.7 Å². The van der Waals surface area contributed by atoms with Gasteiger partial charge in [0.1, 0.15) is 0 Å². The highest BCUT2D eigenvalue weighted by Crippen LogP contribution is 2.26. The van der Waals surface area contributed by atoms with E-state index in [2.05, 4.69) is 5.32 Å². The van der Waals surface area contributed by atoms with E-state index in [-0.39, 0.29) is 10.8 Å². The van der Waals surface area contributed by atoms with Crippen LogP contribution in [0.3, 0.4) is 0 Å². The lowest BCUT2D eigenvalue weighted by molar-refractivity contribution is 0.574. The summed E-state index contributed by atoms with van der Waals surface area (Å²) >= 11 is 5.69. The van der Waals surface area contributed by atoms with Crippen LogP contribution in [0, 0.1) is 11.7 Å². The van der Waals surface area contributed by atoms with Gasteiger partial charge in [-0.15, -0.1) is 0 Å². The first-order chi connectivity index (χ1) is 7.27. The van der Waals surface area contributed by atoms with Crippen molar-refractivity contribution in [2.45, 2.75) is 25.7 Å². The fraction of sp³-hybridized carbons (Fsp3) is 0.500. The highest BCUT2D eigenvalue weighted by atomic mass is 35.5. The van der Waals surface area contributed by atoms with E-state index >= 15 is 0 Å². The largest absolute Gasteiger partial charge is 0.382 e. The highest BCUT2D eigenvalue weighted by Gasteiger charge is 2.15. The van der Waals surface area contributed by atoms with E-state index in [1.165, 1.54) is 25.7 Å². The van der Waals surface area contributed by atoms with Crippen molar-refractivity contribution in [3.8, 4) is 0 Å². The standard InChI is InChI=1S/C12H15ClFN/c13-10-6-3-7-11(12(10)14)15-8-9-4-1-2-5-9/h3,6-7,9,15H,1-2,4-5,8H2. The predicted octanol–water partition coefficient (Wildman–Crippen LogP) is 4.08. The van der Waals surface area contributed by atoms with E-state index in [0.29, 0.717) is 11.6 Å². The van der Waals surface area contributed by atoms with Gasteiger partial charge in [0.2, 0.25) is 0 Å². The molecule has 0 unspecified atom stereocenters. The summed E-state index contributed by atoms with van der Waals surface area (Å²) in [6, 6.07) is 5.07. The van der Waals surface area contributed by atoms with Crippen LogP contribution in [0.2, 0.25) is 5.02 Å². The average molecular weight is 228 g/mol. The Morgan fingerprint density at radius 1 is 1.33 bits per heavy atom. The van der Waals surface area contributed by atoms with Crippen LogP contribution in [0.5, 0.6) is 0 Å². The van der Waals surface area contributed by atoms with Gasteiger partial charge < -0.3 is 5.32 Å². The number of nitrogens with one attached hydrogen (secondary N) is 1. The summed E-state index contributed by atoms with van der Waals surface area (Å²) in [4.78, 5) is 0. The fourth-order valence-electron chi connectivity index (χ4n) is 2.11. The molecule has 0 bridgehead atoms. The topological polar surface area (TPSA) is 12.0 Å². The van der Waals surface area contributed by atoms with E-state index in [4.69, 9.17) is 11.6 Å². The molecule has 0 radical (unpaired) electrons. The van der Waals surface area contributed by atoms with Gasteiger partial charge in [-0.1, -0.05) is 30.5 Å². The molecule has 1 aliphatic carbocycles. The third-order valence-corrected chi connectivity index (χ3v) is 3.30. The summed E-state index contributed by atoms with van der Waals surface area (Å²) in [7, 11) is 0. The molecule has 1 aliphatic rings. The van der Waals surface area contributed by atoms with Crippen LogP contribution < -0.4 is 5.32 Å². The lowest BCUT2D eigenvalue weighted by atomic mass is 10.1. The Hall–Kier alpha value is -0.760. The first kappa shape index (κ1) is 10.7. The molecule has 1 saturated carbocycles. The summed E-state index contributed by atoms with van der Waals surface area (Å²) in [5.74, 6) is 0.362. The van der Waals surface area contributed by atoms with Gasteiger partial charge in [0.05, 0.1) is 10.7 Å². The van der Waals surface area contributed by atoms with Crippen LogP contribution in [0.15, 0.2) is 18.2 Å². The van der Waals surface area contributed by atoms with Gasteiger partial charge in [0, 0.05) is 6.54 Å². The van der Waals surface area contributed by atoms with Crippen LogP contribution >= 0.6 is 11.6 Å². The molecule has 0 heterocycles. The molecule has 0 saturated heterocycles. The molecule has 1 aromatic rings. The number of hydrogen-bond donors (Lipinski definition) is 1. The quantitative estimate of drug-likeness (QED) is 0.821. The van der Waals surface area contributed by atoms with Crippen LogP contribution in [0.25, 0.3) is 0 Å². The van der Waals surface area contributed by atoms with Crippen molar-refractivity contribution in [1.29, 1.82) is 0 Å². The van der Waals surface area contributed by atoms with E-state index in [1.54, 1.807) is 18.2 Å². The Labute approximate surface area is 94.6 Å². The van der Waals surface area contributed by atoms with Gasteiger partial charge in [-0.05, 0) is 30.9 Å². The molecule has 0 aliphatic heterocycles. The van der Waals surface area contributed by atoms with Crippen LogP contribution in [0.4, 0.5) is 10.1 Å².